The van der Waals surface area contributed by atoms with Crippen molar-refractivity contribution in [1.82, 2.24) is 14.8 Å². The van der Waals surface area contributed by atoms with Crippen LogP contribution in [0.15, 0.2) is 53.9 Å². The number of carbonyl (C=O) groups excluding carboxylic acids is 1. The lowest BCUT2D eigenvalue weighted by molar-refractivity contribution is -0.142. The highest BCUT2D eigenvalue weighted by Gasteiger charge is 2.21. The van der Waals surface area contributed by atoms with Crippen LogP contribution in [0.4, 0.5) is 13.9 Å². The maximum Gasteiger partial charge on any atom is 0.311 e. The first-order valence-electron chi connectivity index (χ1n) is 13.4. The summed E-state index contributed by atoms with van der Waals surface area (Å²) in [7, 11) is 0. The van der Waals surface area contributed by atoms with Crippen LogP contribution >= 0.6 is 11.3 Å². The topological polar surface area (TPSA) is 77.9 Å². The summed E-state index contributed by atoms with van der Waals surface area (Å²) in [5.41, 5.74) is 2.69. The maximum atomic E-state index is 13.5. The number of nitrogens with zero attached hydrogens (tertiary/aromatic N) is 3. The van der Waals surface area contributed by atoms with Gasteiger partial charge in [-0.2, -0.15) is 0 Å². The second-order valence-corrected chi connectivity index (χ2v) is 10.6. The van der Waals surface area contributed by atoms with Crippen molar-refractivity contribution >= 4 is 22.4 Å². The molecule has 1 unspecified atom stereocenters. The van der Waals surface area contributed by atoms with E-state index in [1.54, 1.807) is 12.3 Å². The van der Waals surface area contributed by atoms with Crippen molar-refractivity contribution in [2.24, 2.45) is 0 Å². The first-order chi connectivity index (χ1) is 18.9. The summed E-state index contributed by atoms with van der Waals surface area (Å²) in [6, 6.07) is 13.2. The summed E-state index contributed by atoms with van der Waals surface area (Å²) in [5, 5.41) is 15.9. The van der Waals surface area contributed by atoms with Crippen LogP contribution in [-0.4, -0.2) is 78.0 Å². The molecule has 1 fully saturated rings. The van der Waals surface area contributed by atoms with Gasteiger partial charge in [0.25, 0.3) is 0 Å². The number of thiazole rings is 1. The second kappa shape index (κ2) is 14.5. The number of β-amino-alcohol motifs (C(OH)–C–C–N with tert-alkyl or cyclic N) is 1. The molecule has 210 valence electrons. The Bertz CT molecular complexity index is 1120. The molecule has 4 rings (SSSR count). The van der Waals surface area contributed by atoms with Gasteiger partial charge < -0.3 is 20.1 Å². The molecule has 10 heteroatoms. The van der Waals surface area contributed by atoms with Gasteiger partial charge >= 0.3 is 5.97 Å². The van der Waals surface area contributed by atoms with Gasteiger partial charge in [-0.3, -0.25) is 9.69 Å². The number of ether oxygens (including phenoxy) is 1. The number of aromatic nitrogens is 1. The fourth-order valence-electron chi connectivity index (χ4n) is 4.88. The molecule has 39 heavy (non-hydrogen) atoms. The number of aliphatic hydroxyl groups is 1. The Hall–Kier alpha value is -2.92. The van der Waals surface area contributed by atoms with E-state index >= 15 is 0 Å². The third-order valence-corrected chi connectivity index (χ3v) is 7.70. The zero-order chi connectivity index (χ0) is 27.6. The first kappa shape index (κ1) is 29.1. The molecule has 7 nitrogen and oxygen atoms in total. The summed E-state index contributed by atoms with van der Waals surface area (Å²) >= 11 is 1.36. The number of esters is 1. The van der Waals surface area contributed by atoms with Crippen molar-refractivity contribution in [1.29, 1.82) is 0 Å². The second-order valence-electron chi connectivity index (χ2n) is 9.73. The third-order valence-electron chi connectivity index (χ3n) is 6.88. The van der Waals surface area contributed by atoms with Gasteiger partial charge in [0.1, 0.15) is 17.9 Å². The number of hydrogen-bond donors (Lipinski definition) is 2. The van der Waals surface area contributed by atoms with Crippen LogP contribution in [0.3, 0.4) is 0 Å². The monoisotopic (exact) mass is 558 g/mol. The number of anilines is 1. The summed E-state index contributed by atoms with van der Waals surface area (Å²) < 4.78 is 31.9. The molecule has 0 bridgehead atoms. The van der Waals surface area contributed by atoms with E-state index in [9.17, 15) is 18.7 Å². The van der Waals surface area contributed by atoms with Crippen LogP contribution in [-0.2, 0) is 16.0 Å². The predicted octanol–water partition coefficient (Wildman–Crippen LogP) is 4.49. The smallest absolute Gasteiger partial charge is 0.311 e. The van der Waals surface area contributed by atoms with Crippen molar-refractivity contribution in [3.05, 3.63) is 82.4 Å². The fourth-order valence-corrected chi connectivity index (χ4v) is 5.64. The van der Waals surface area contributed by atoms with Gasteiger partial charge in [-0.25, -0.2) is 13.8 Å². The minimum Gasteiger partial charge on any atom is -0.466 e. The number of rotatable bonds is 13. The first-order valence-corrected chi connectivity index (χ1v) is 14.3. The van der Waals surface area contributed by atoms with Gasteiger partial charge in [-0.15, -0.1) is 11.3 Å². The largest absolute Gasteiger partial charge is 0.466 e. The predicted molar refractivity (Wildman–Crippen MR) is 149 cm³/mol. The quantitative estimate of drug-likeness (QED) is 0.237. The molecule has 0 radical (unpaired) electrons. The summed E-state index contributed by atoms with van der Waals surface area (Å²) in [4.78, 5) is 20.6. The van der Waals surface area contributed by atoms with Crippen molar-refractivity contribution in [3.63, 3.8) is 0 Å². The van der Waals surface area contributed by atoms with Crippen LogP contribution in [0.2, 0.25) is 0 Å². The Balaban J connectivity index is 1.20. The Labute approximate surface area is 232 Å². The molecule has 0 amide bonds. The standard InChI is InChI=1S/C29H36F2N4O3S/c1-2-38-28(37)18-25-20-39-29(32-25)33-27(36)19-35-16-14-34(15-17-35)13-3-4-26(21-5-9-23(30)10-6-21)22-7-11-24(31)12-8-22/h5-12,20,26-27,36H,2-4,13-19H2,1H3,(H,32,33). The fraction of sp³-hybridized carbons (Fsp3) is 0.448. The number of halogens is 2. The molecule has 1 aromatic heterocycles. The Kier molecular flexibility index (Phi) is 10.8. The lowest BCUT2D eigenvalue weighted by atomic mass is 9.87. The molecule has 1 aliphatic rings. The van der Waals surface area contributed by atoms with Crippen LogP contribution < -0.4 is 5.32 Å². The minimum absolute atomic E-state index is 0.0809. The zero-order valence-corrected chi connectivity index (χ0v) is 23.0. The van der Waals surface area contributed by atoms with E-state index in [4.69, 9.17) is 4.74 Å². The van der Waals surface area contributed by atoms with E-state index in [-0.39, 0.29) is 29.9 Å². The molecular formula is C29H36F2N4O3S. The number of hydrogen-bond acceptors (Lipinski definition) is 8. The van der Waals surface area contributed by atoms with E-state index in [0.29, 0.717) is 24.0 Å². The third kappa shape index (κ3) is 9.06. The number of nitrogens with one attached hydrogen (secondary N) is 1. The molecule has 3 aromatic rings. The average molecular weight is 559 g/mol. The van der Waals surface area contributed by atoms with E-state index in [1.807, 2.05) is 24.3 Å². The lowest BCUT2D eigenvalue weighted by Gasteiger charge is -2.35. The number of carbonyl (C=O) groups is 1. The maximum absolute atomic E-state index is 13.5. The molecule has 0 aliphatic carbocycles. The number of aliphatic hydroxyl groups excluding tert-OH is 1. The molecule has 2 aromatic carbocycles. The van der Waals surface area contributed by atoms with Gasteiger partial charge in [-0.05, 0) is 61.7 Å². The van der Waals surface area contributed by atoms with E-state index in [0.717, 1.165) is 56.7 Å². The average Bonchev–Trinajstić information content (AvgIpc) is 3.35. The number of piperazine rings is 1. The van der Waals surface area contributed by atoms with Gasteiger partial charge in [0.2, 0.25) is 0 Å². The van der Waals surface area contributed by atoms with Crippen LogP contribution in [0.5, 0.6) is 0 Å². The lowest BCUT2D eigenvalue weighted by Crippen LogP contribution is -2.49. The van der Waals surface area contributed by atoms with Gasteiger partial charge in [0.05, 0.1) is 18.7 Å². The highest BCUT2D eigenvalue weighted by molar-refractivity contribution is 7.13. The summed E-state index contributed by atoms with van der Waals surface area (Å²) in [6.07, 6.45) is 1.21. The Morgan fingerprint density at radius 1 is 1.03 bits per heavy atom. The molecule has 1 saturated heterocycles. The van der Waals surface area contributed by atoms with E-state index in [1.165, 1.54) is 35.6 Å². The van der Waals surface area contributed by atoms with Crippen molar-refractivity contribution in [2.75, 3.05) is 51.2 Å². The molecule has 0 saturated carbocycles. The Morgan fingerprint density at radius 3 is 2.21 bits per heavy atom. The normalized spacial score (nSPS) is 15.4. The molecule has 2 heterocycles. The number of benzene rings is 2. The van der Waals surface area contributed by atoms with Crippen LogP contribution in [0, 0.1) is 11.6 Å². The van der Waals surface area contributed by atoms with E-state index < -0.39 is 6.23 Å². The molecule has 1 atom stereocenters. The Morgan fingerprint density at radius 2 is 1.62 bits per heavy atom. The molecule has 1 aliphatic heterocycles. The van der Waals surface area contributed by atoms with E-state index in [2.05, 4.69) is 20.1 Å². The highest BCUT2D eigenvalue weighted by Crippen LogP contribution is 2.30. The van der Waals surface area contributed by atoms with Gasteiger partial charge in [0, 0.05) is 44.0 Å². The van der Waals surface area contributed by atoms with Crippen molar-refractivity contribution in [3.8, 4) is 0 Å². The molecular weight excluding hydrogens is 522 g/mol. The van der Waals surface area contributed by atoms with Crippen LogP contribution in [0.1, 0.15) is 42.5 Å². The van der Waals surface area contributed by atoms with Gasteiger partial charge in [-0.1, -0.05) is 24.3 Å². The zero-order valence-electron chi connectivity index (χ0n) is 22.2. The minimum atomic E-state index is -0.759. The summed E-state index contributed by atoms with van der Waals surface area (Å²) in [6.45, 7) is 7.05. The van der Waals surface area contributed by atoms with Crippen molar-refractivity contribution < 1.29 is 23.4 Å². The van der Waals surface area contributed by atoms with Crippen molar-refractivity contribution in [2.45, 2.75) is 38.3 Å². The highest BCUT2D eigenvalue weighted by atomic mass is 32.1. The van der Waals surface area contributed by atoms with Crippen LogP contribution in [0.25, 0.3) is 0 Å². The SMILES string of the molecule is CCOC(=O)Cc1csc(NC(O)CN2CCN(CCCC(c3ccc(F)cc3)c3ccc(F)cc3)CC2)n1. The summed E-state index contributed by atoms with van der Waals surface area (Å²) in [5.74, 6) is -0.757. The van der Waals surface area contributed by atoms with Gasteiger partial charge in [0.15, 0.2) is 5.13 Å². The molecule has 0 spiro atoms. The molecule has 2 N–H and O–H groups in total.